The Labute approximate surface area is 158 Å². The number of aliphatic carboxylic acids is 1. The molecular weight excluding hydrogens is 385 g/mol. The van der Waals surface area contributed by atoms with E-state index in [1.165, 1.54) is 4.68 Å². The molecule has 1 aromatic heterocycles. The number of aromatic nitrogens is 4. The minimum absolute atomic E-state index is 0.156. The highest BCUT2D eigenvalue weighted by Crippen LogP contribution is 2.26. The maximum atomic E-state index is 12.3. The summed E-state index contributed by atoms with van der Waals surface area (Å²) in [6.45, 7) is 0.677. The van der Waals surface area contributed by atoms with Gasteiger partial charge in [0.1, 0.15) is 18.2 Å². The van der Waals surface area contributed by atoms with E-state index in [-0.39, 0.29) is 18.8 Å². The Morgan fingerprint density at radius 1 is 1.27 bits per heavy atom. The average molecular weight is 400 g/mol. The molecule has 0 saturated carbocycles. The van der Waals surface area contributed by atoms with E-state index in [1.807, 2.05) is 0 Å². The van der Waals surface area contributed by atoms with Crippen molar-refractivity contribution in [1.29, 1.82) is 0 Å². The molecule has 0 amide bonds. The fourth-order valence-electron chi connectivity index (χ4n) is 2.35. The van der Waals surface area contributed by atoms with Gasteiger partial charge in [0, 0.05) is 16.5 Å². The van der Waals surface area contributed by atoms with Gasteiger partial charge in [-0.3, -0.25) is 14.4 Å². The minimum Gasteiger partial charge on any atom is -0.481 e. The maximum Gasteiger partial charge on any atom is 0.316 e. The molecule has 2 atom stereocenters. The van der Waals surface area contributed by atoms with Crippen molar-refractivity contribution in [2.45, 2.75) is 25.9 Å². The smallest absolute Gasteiger partial charge is 0.316 e. The van der Waals surface area contributed by atoms with Crippen LogP contribution in [0.15, 0.2) is 18.2 Å². The average Bonchev–Trinajstić information content (AvgIpc) is 2.97. The van der Waals surface area contributed by atoms with Gasteiger partial charge in [-0.25, -0.2) is 4.68 Å². The van der Waals surface area contributed by atoms with Gasteiger partial charge in [0.15, 0.2) is 11.6 Å². The molecule has 2 aromatic rings. The molecule has 0 spiro atoms. The molecule has 2 unspecified atom stereocenters. The minimum atomic E-state index is -1.62. The second kappa shape index (κ2) is 8.35. The highest BCUT2D eigenvalue weighted by atomic mass is 35.5. The third-order valence-corrected chi connectivity index (χ3v) is 4.45. The van der Waals surface area contributed by atoms with Crippen LogP contribution in [0, 0.1) is 5.92 Å². The summed E-state index contributed by atoms with van der Waals surface area (Å²) in [7, 11) is 0. The molecule has 0 fully saturated rings. The first-order valence-corrected chi connectivity index (χ1v) is 8.17. The zero-order chi connectivity index (χ0) is 19.4. The summed E-state index contributed by atoms with van der Waals surface area (Å²) in [6, 6.07) is 3.49. The Balaban J connectivity index is 2.19. The highest BCUT2D eigenvalue weighted by Gasteiger charge is 2.34. The van der Waals surface area contributed by atoms with Crippen LogP contribution in [0.3, 0.4) is 0 Å². The summed E-state index contributed by atoms with van der Waals surface area (Å²) in [6.07, 6.45) is 0.156. The molecule has 138 valence electrons. The van der Waals surface area contributed by atoms with Crippen LogP contribution in [0.5, 0.6) is 0 Å². The van der Waals surface area contributed by atoms with Gasteiger partial charge >= 0.3 is 5.97 Å². The maximum absolute atomic E-state index is 12.3. The standard InChI is InChI=1S/C15H15Cl2N5O4/c1-7(23)13(15(25)26)14(18)11(24)6-22-12(19-20-21-22)5-8-9(16)3-2-4-10(8)17/h2-4,13-14H,5-6,18H2,1H3,(H,25,26). The van der Waals surface area contributed by atoms with Gasteiger partial charge in [-0.1, -0.05) is 29.3 Å². The van der Waals surface area contributed by atoms with Crippen molar-refractivity contribution in [3.63, 3.8) is 0 Å². The molecule has 0 aliphatic carbocycles. The molecule has 26 heavy (non-hydrogen) atoms. The normalized spacial score (nSPS) is 13.2. The summed E-state index contributed by atoms with van der Waals surface area (Å²) >= 11 is 12.2. The van der Waals surface area contributed by atoms with Crippen LogP contribution in [0.25, 0.3) is 0 Å². The Kier molecular flexibility index (Phi) is 6.41. The third kappa shape index (κ3) is 4.43. The Bertz CT molecular complexity index is 820. The first-order chi connectivity index (χ1) is 12.2. The summed E-state index contributed by atoms with van der Waals surface area (Å²) in [5, 5.41) is 20.9. The molecule has 11 heteroatoms. The predicted molar refractivity (Wildman–Crippen MR) is 91.9 cm³/mol. The van der Waals surface area contributed by atoms with E-state index in [0.29, 0.717) is 15.6 Å². The van der Waals surface area contributed by atoms with Crippen LogP contribution in [0.2, 0.25) is 10.0 Å². The van der Waals surface area contributed by atoms with Crippen molar-refractivity contribution in [3.05, 3.63) is 39.6 Å². The van der Waals surface area contributed by atoms with E-state index in [4.69, 9.17) is 34.0 Å². The number of carbonyl (C=O) groups is 3. The van der Waals surface area contributed by atoms with Crippen LogP contribution < -0.4 is 5.73 Å². The lowest BCUT2D eigenvalue weighted by molar-refractivity contribution is -0.148. The zero-order valence-corrected chi connectivity index (χ0v) is 15.1. The quantitative estimate of drug-likeness (QED) is 0.619. The second-order valence-electron chi connectivity index (χ2n) is 5.55. The van der Waals surface area contributed by atoms with Crippen LogP contribution in [0.4, 0.5) is 0 Å². The molecule has 1 heterocycles. The van der Waals surface area contributed by atoms with Gasteiger partial charge < -0.3 is 10.8 Å². The van der Waals surface area contributed by atoms with Crippen molar-refractivity contribution in [2.24, 2.45) is 11.7 Å². The van der Waals surface area contributed by atoms with Crippen molar-refractivity contribution >= 4 is 40.7 Å². The van der Waals surface area contributed by atoms with Gasteiger partial charge in [-0.15, -0.1) is 5.10 Å². The molecule has 0 saturated heterocycles. The van der Waals surface area contributed by atoms with Crippen LogP contribution >= 0.6 is 23.2 Å². The van der Waals surface area contributed by atoms with Crippen molar-refractivity contribution in [2.75, 3.05) is 0 Å². The number of carboxylic acids is 1. The van der Waals surface area contributed by atoms with Gasteiger partial charge in [-0.05, 0) is 35.0 Å². The fourth-order valence-corrected chi connectivity index (χ4v) is 2.88. The van der Waals surface area contributed by atoms with Crippen LogP contribution in [0.1, 0.15) is 18.3 Å². The summed E-state index contributed by atoms with van der Waals surface area (Å²) < 4.78 is 1.17. The van der Waals surface area contributed by atoms with E-state index < -0.39 is 29.5 Å². The van der Waals surface area contributed by atoms with Gasteiger partial charge in [0.05, 0.1) is 6.04 Å². The molecular formula is C15H15Cl2N5O4. The number of hydrogen-bond acceptors (Lipinski definition) is 7. The van der Waals surface area contributed by atoms with E-state index >= 15 is 0 Å². The number of halogens is 2. The lowest BCUT2D eigenvalue weighted by Gasteiger charge is -2.16. The van der Waals surface area contributed by atoms with E-state index in [9.17, 15) is 14.4 Å². The van der Waals surface area contributed by atoms with Crippen LogP contribution in [-0.2, 0) is 27.3 Å². The monoisotopic (exact) mass is 399 g/mol. The largest absolute Gasteiger partial charge is 0.481 e. The molecule has 0 bridgehead atoms. The first kappa shape index (κ1) is 20.0. The number of nitrogens with zero attached hydrogens (tertiary/aromatic N) is 4. The fraction of sp³-hybridized carbons (Fsp3) is 0.333. The number of hydrogen-bond donors (Lipinski definition) is 2. The van der Waals surface area contributed by atoms with Crippen LogP contribution in [-0.4, -0.2) is 48.9 Å². The molecule has 0 aliphatic rings. The lowest BCUT2D eigenvalue weighted by atomic mass is 9.93. The summed E-state index contributed by atoms with van der Waals surface area (Å²) in [4.78, 5) is 34.9. The topological polar surface area (TPSA) is 141 Å². The van der Waals surface area contributed by atoms with E-state index in [1.54, 1.807) is 18.2 Å². The molecule has 1 aromatic carbocycles. The summed E-state index contributed by atoms with van der Waals surface area (Å²) in [5.41, 5.74) is 6.23. The van der Waals surface area contributed by atoms with E-state index in [0.717, 1.165) is 6.92 Å². The number of carbonyl (C=O) groups excluding carboxylic acids is 2. The highest BCUT2D eigenvalue weighted by molar-refractivity contribution is 6.36. The van der Waals surface area contributed by atoms with Crippen molar-refractivity contribution in [3.8, 4) is 0 Å². The number of benzene rings is 1. The third-order valence-electron chi connectivity index (χ3n) is 3.74. The molecule has 9 nitrogen and oxygen atoms in total. The number of rotatable bonds is 8. The Morgan fingerprint density at radius 3 is 2.42 bits per heavy atom. The van der Waals surface area contributed by atoms with Gasteiger partial charge in [0.2, 0.25) is 0 Å². The van der Waals surface area contributed by atoms with Gasteiger partial charge in [-0.2, -0.15) is 0 Å². The van der Waals surface area contributed by atoms with Crippen molar-refractivity contribution in [1.82, 2.24) is 20.2 Å². The van der Waals surface area contributed by atoms with Crippen molar-refractivity contribution < 1.29 is 19.5 Å². The predicted octanol–water partition coefficient (Wildman–Crippen LogP) is 0.757. The molecule has 0 radical (unpaired) electrons. The zero-order valence-electron chi connectivity index (χ0n) is 13.6. The molecule has 2 rings (SSSR count). The Morgan fingerprint density at radius 2 is 1.88 bits per heavy atom. The van der Waals surface area contributed by atoms with Gasteiger partial charge in [0.25, 0.3) is 0 Å². The lowest BCUT2D eigenvalue weighted by Crippen LogP contribution is -2.46. The number of ketones is 2. The number of carboxylic acid groups (broad SMARTS) is 1. The number of tetrazole rings is 1. The Hall–Kier alpha value is -2.36. The molecule has 0 aliphatic heterocycles. The summed E-state index contributed by atoms with van der Waals surface area (Å²) in [5.74, 6) is -4.20. The SMILES string of the molecule is CC(=O)C(C(=O)O)C(N)C(=O)Cn1nnnc1Cc1c(Cl)cccc1Cl. The number of Topliss-reactive ketones (excluding diaryl/α,β-unsaturated/α-hetero) is 2. The molecule has 3 N–H and O–H groups in total. The number of nitrogens with two attached hydrogens (primary N) is 1. The first-order valence-electron chi connectivity index (χ1n) is 7.41. The van der Waals surface area contributed by atoms with E-state index in [2.05, 4.69) is 15.5 Å². The second-order valence-corrected chi connectivity index (χ2v) is 6.36.